The lowest BCUT2D eigenvalue weighted by atomic mass is 10.1. The van der Waals surface area contributed by atoms with Crippen molar-refractivity contribution < 1.29 is 14.2 Å². The first kappa shape index (κ1) is 22.9. The van der Waals surface area contributed by atoms with Crippen molar-refractivity contribution in [3.8, 4) is 11.8 Å². The maximum absolute atomic E-state index is 13.8. The maximum Gasteiger partial charge on any atom is 0.393 e. The number of guanidine groups is 1. The normalized spacial score (nSPS) is 24.5. The number of nitrogens with two attached hydrogens (primary N) is 1. The molecule has 3 amide bonds. The van der Waals surface area contributed by atoms with Crippen LogP contribution in [0.15, 0.2) is 29.3 Å². The van der Waals surface area contributed by atoms with Crippen molar-refractivity contribution >= 4 is 34.6 Å². The molecule has 2 fully saturated rings. The van der Waals surface area contributed by atoms with Gasteiger partial charge in [0.25, 0.3) is 5.91 Å². The first-order valence-electron chi connectivity index (χ1n) is 11.8. The van der Waals surface area contributed by atoms with Gasteiger partial charge in [0, 0.05) is 24.2 Å². The molecule has 1 unspecified atom stereocenters. The number of rotatable bonds is 3. The Kier molecular flexibility index (Phi) is 5.94. The maximum atomic E-state index is 13.8. The molecule has 3 aliphatic heterocycles. The Hall–Kier alpha value is -3.84. The Morgan fingerprint density at radius 3 is 2.80 bits per heavy atom. The fourth-order valence-electron chi connectivity index (χ4n) is 4.93. The third-order valence-electron chi connectivity index (χ3n) is 6.70. The highest BCUT2D eigenvalue weighted by atomic mass is 16.2. The number of aryl methyl sites for hydroxylation is 1. The van der Waals surface area contributed by atoms with Crippen LogP contribution in [0.2, 0.25) is 0 Å². The summed E-state index contributed by atoms with van der Waals surface area (Å²) in [4.78, 5) is 45.6. The predicted molar refractivity (Wildman–Crippen MR) is 132 cm³/mol. The highest BCUT2D eigenvalue weighted by Crippen LogP contribution is 2.25. The summed E-state index contributed by atoms with van der Waals surface area (Å²) >= 11 is 0. The monoisotopic (exact) mass is 473 g/mol. The molecule has 2 saturated heterocycles. The molecule has 5 rings (SSSR count). The van der Waals surface area contributed by atoms with Crippen molar-refractivity contribution in [1.29, 1.82) is 0 Å². The van der Waals surface area contributed by atoms with Crippen molar-refractivity contribution in [2.24, 2.45) is 10.7 Å². The number of likely N-dealkylation sites (N-methyl/N-ethyl adjacent to an activating group) is 1. The van der Waals surface area contributed by atoms with E-state index in [4.69, 9.17) is 10.7 Å². The summed E-state index contributed by atoms with van der Waals surface area (Å²) < 4.78 is 2.10. The van der Waals surface area contributed by atoms with Gasteiger partial charge in [-0.3, -0.25) is 19.2 Å². The van der Waals surface area contributed by atoms with E-state index >= 15 is 0 Å². The molecule has 3 aliphatic rings. The van der Waals surface area contributed by atoms with Crippen molar-refractivity contribution in [3.63, 3.8) is 0 Å². The zero-order valence-corrected chi connectivity index (χ0v) is 20.2. The molecule has 0 radical (unpaired) electrons. The van der Waals surface area contributed by atoms with Gasteiger partial charge in [0.1, 0.15) is 12.4 Å². The summed E-state index contributed by atoms with van der Waals surface area (Å²) in [6.45, 7) is 5.41. The lowest BCUT2D eigenvalue weighted by Crippen LogP contribution is -2.63. The molecule has 4 heterocycles. The van der Waals surface area contributed by atoms with Crippen LogP contribution in [0.5, 0.6) is 0 Å². The summed E-state index contributed by atoms with van der Waals surface area (Å²) in [5.74, 6) is 7.10. The van der Waals surface area contributed by atoms with E-state index in [1.54, 1.807) is 14.0 Å². The number of piperidine rings is 1. The zero-order valence-electron chi connectivity index (χ0n) is 20.2. The van der Waals surface area contributed by atoms with Crippen LogP contribution < -0.4 is 5.73 Å². The van der Waals surface area contributed by atoms with Crippen molar-refractivity contribution in [1.82, 2.24) is 24.7 Å². The van der Waals surface area contributed by atoms with Crippen LogP contribution >= 0.6 is 0 Å². The molecule has 10 heteroatoms. The van der Waals surface area contributed by atoms with Crippen molar-refractivity contribution in [2.75, 3.05) is 26.7 Å². The number of hydrogen-bond acceptors (Lipinski definition) is 5. The highest BCUT2D eigenvalue weighted by molar-refractivity contribution is 6.25. The molecular weight excluding hydrogens is 444 g/mol. The van der Waals surface area contributed by atoms with Crippen molar-refractivity contribution in [2.45, 2.75) is 45.3 Å². The van der Waals surface area contributed by atoms with Crippen molar-refractivity contribution in [3.05, 3.63) is 35.8 Å². The minimum Gasteiger partial charge on any atom is -0.325 e. The van der Waals surface area contributed by atoms with Gasteiger partial charge in [-0.2, -0.15) is 0 Å². The van der Waals surface area contributed by atoms with Crippen LogP contribution in [0.3, 0.4) is 0 Å². The summed E-state index contributed by atoms with van der Waals surface area (Å²) in [7, 11) is 1.65. The lowest BCUT2D eigenvalue weighted by Gasteiger charge is -2.34. The highest BCUT2D eigenvalue weighted by Gasteiger charge is 2.56. The summed E-state index contributed by atoms with van der Waals surface area (Å²) in [5.41, 5.74) is 7.80. The van der Waals surface area contributed by atoms with Gasteiger partial charge in [-0.1, -0.05) is 29.1 Å². The molecule has 180 valence electrons. The Labute approximate surface area is 204 Å². The molecule has 0 bridgehead atoms. The number of carbonyl (C=O) groups is 2. The van der Waals surface area contributed by atoms with E-state index in [1.165, 1.54) is 9.80 Å². The molecule has 1 aromatic heterocycles. The van der Waals surface area contributed by atoms with Gasteiger partial charge >= 0.3 is 12.0 Å². The van der Waals surface area contributed by atoms with E-state index in [1.807, 2.05) is 36.1 Å². The molecule has 10 nitrogen and oxygen atoms in total. The standard InChI is InChI=1S/C25H29N8O2/c1-4-5-13-32-21-22(29-24(32)31-12-8-9-17(26)14-31)30(3)25(35)33(23(21)34)15-20-27-16(2)18-10-6-7-11-19(18)28-20/h6-7,10-11,17,21H,8-9,12-15,26H2,1-3H3/q+1/t17-,21?/m1/s1. The van der Waals surface area contributed by atoms with Crippen LogP contribution in [0.4, 0.5) is 4.79 Å². The fraction of sp³-hybridized carbons (Fsp3) is 0.440. The molecule has 1 aromatic carbocycles. The number of amides is 3. The Morgan fingerprint density at radius 1 is 1.23 bits per heavy atom. The first-order valence-corrected chi connectivity index (χ1v) is 11.8. The molecule has 2 aromatic rings. The SMILES string of the molecule is CC#CCN1C(=[N+]2CCC[C@@H](N)C2)N=C2C1C(=O)N(Cc1nc(C)c3ccccc3n1)C(=O)N2C. The second-order valence-electron chi connectivity index (χ2n) is 9.08. The number of amidine groups is 1. The van der Waals surface area contributed by atoms with E-state index in [9.17, 15) is 9.59 Å². The zero-order chi connectivity index (χ0) is 24.7. The van der Waals surface area contributed by atoms with E-state index in [0.29, 0.717) is 30.7 Å². The van der Waals surface area contributed by atoms with Gasteiger partial charge < -0.3 is 5.73 Å². The second-order valence-corrected chi connectivity index (χ2v) is 9.08. The number of para-hydroxylation sites is 1. The minimum atomic E-state index is -0.742. The molecular formula is C25H29N8O2+. The lowest BCUT2D eigenvalue weighted by molar-refractivity contribution is -0.544. The van der Waals surface area contributed by atoms with Gasteiger partial charge in [0.05, 0.1) is 25.2 Å². The Morgan fingerprint density at radius 2 is 2.03 bits per heavy atom. The number of hydrogen-bond donors (Lipinski definition) is 1. The third-order valence-corrected chi connectivity index (χ3v) is 6.70. The summed E-state index contributed by atoms with van der Waals surface area (Å²) in [5, 5.41) is 0.943. The van der Waals surface area contributed by atoms with E-state index < -0.39 is 12.1 Å². The average Bonchev–Trinajstić information content (AvgIpc) is 3.24. The number of aromatic nitrogens is 2. The average molecular weight is 474 g/mol. The number of fused-ring (bicyclic) bond motifs is 2. The molecule has 0 saturated carbocycles. The summed E-state index contributed by atoms with van der Waals surface area (Å²) in [6.07, 6.45) is 1.90. The van der Waals surface area contributed by atoms with Gasteiger partial charge in [-0.15, -0.1) is 5.92 Å². The minimum absolute atomic E-state index is 0.0192. The molecule has 0 spiro atoms. The van der Waals surface area contributed by atoms with Gasteiger partial charge in [-0.25, -0.2) is 19.7 Å². The summed E-state index contributed by atoms with van der Waals surface area (Å²) in [6, 6.07) is 6.54. The van der Waals surface area contributed by atoms with Gasteiger partial charge in [0.15, 0.2) is 0 Å². The van der Waals surface area contributed by atoms with Crippen LogP contribution in [-0.2, 0) is 11.3 Å². The van der Waals surface area contributed by atoms with Crippen LogP contribution in [0.1, 0.15) is 31.3 Å². The first-order chi connectivity index (χ1) is 16.9. The largest absolute Gasteiger partial charge is 0.393 e. The van der Waals surface area contributed by atoms with Crippen LogP contribution in [-0.4, -0.2) is 91.7 Å². The molecule has 2 atom stereocenters. The van der Waals surface area contributed by atoms with Crippen LogP contribution in [0, 0.1) is 18.8 Å². The molecule has 35 heavy (non-hydrogen) atoms. The third kappa shape index (κ3) is 4.02. The smallest absolute Gasteiger partial charge is 0.325 e. The number of aliphatic imine (C=N–C) groups is 1. The Balaban J connectivity index is 1.51. The van der Waals surface area contributed by atoms with E-state index in [2.05, 4.69) is 26.4 Å². The molecule has 0 aliphatic carbocycles. The Bertz CT molecular complexity index is 1340. The van der Waals surface area contributed by atoms with E-state index in [-0.39, 0.29) is 18.5 Å². The second kappa shape index (κ2) is 9.07. The number of nitrogens with zero attached hydrogens (tertiary/aromatic N) is 7. The molecule has 2 N–H and O–H groups in total. The van der Waals surface area contributed by atoms with Gasteiger partial charge in [-0.05, 0) is 32.8 Å². The quantitative estimate of drug-likeness (QED) is 0.524. The number of imide groups is 1. The van der Waals surface area contributed by atoms with E-state index in [0.717, 1.165) is 36.0 Å². The predicted octanol–water partition coefficient (Wildman–Crippen LogP) is 0.928. The topological polar surface area (TPSA) is 111 Å². The number of benzene rings is 1. The number of carbonyl (C=O) groups excluding carboxylic acids is 2. The van der Waals surface area contributed by atoms with Crippen LogP contribution in [0.25, 0.3) is 10.9 Å². The number of urea groups is 1. The van der Waals surface area contributed by atoms with Gasteiger partial charge in [0.2, 0.25) is 11.9 Å². The fourth-order valence-corrected chi connectivity index (χ4v) is 4.93.